The number of nitrogens with zero attached hydrogens (tertiary/aromatic N) is 3. The number of aryl methyl sites for hydroxylation is 1. The standard InChI is InChI=1S/C19H13F2N3S3/c1-11-18(27-19(22-11)16-3-2-6-25-16)15-4-5-17(24-23-15)26-10-12-7-13(20)9-14(21)8-12/h2-9H,10H2,1H3. The summed E-state index contributed by atoms with van der Waals surface area (Å²) < 4.78 is 26.5. The molecule has 0 aliphatic carbocycles. The number of thiazole rings is 1. The highest BCUT2D eigenvalue weighted by Gasteiger charge is 2.13. The van der Waals surface area contributed by atoms with Crippen molar-refractivity contribution >= 4 is 34.4 Å². The van der Waals surface area contributed by atoms with Gasteiger partial charge in [0.15, 0.2) is 0 Å². The molecule has 3 heterocycles. The largest absolute Gasteiger partial charge is 0.240 e. The van der Waals surface area contributed by atoms with Crippen molar-refractivity contribution in [2.45, 2.75) is 17.7 Å². The minimum Gasteiger partial charge on any atom is -0.240 e. The lowest BCUT2D eigenvalue weighted by atomic mass is 10.2. The van der Waals surface area contributed by atoms with Crippen LogP contribution in [0.1, 0.15) is 11.3 Å². The van der Waals surface area contributed by atoms with Crippen LogP contribution in [0.15, 0.2) is 52.9 Å². The van der Waals surface area contributed by atoms with Crippen molar-refractivity contribution in [3.63, 3.8) is 0 Å². The molecular weight excluding hydrogens is 404 g/mol. The van der Waals surface area contributed by atoms with Crippen molar-refractivity contribution < 1.29 is 8.78 Å². The first-order valence-electron chi connectivity index (χ1n) is 8.01. The van der Waals surface area contributed by atoms with E-state index in [0.29, 0.717) is 16.3 Å². The smallest absolute Gasteiger partial charge is 0.134 e. The molecule has 0 N–H and O–H groups in total. The molecule has 0 fully saturated rings. The second-order valence-corrected chi connectivity index (χ2v) is 8.68. The summed E-state index contributed by atoms with van der Waals surface area (Å²) in [6, 6.07) is 11.3. The molecule has 0 unspecified atom stereocenters. The second-order valence-electron chi connectivity index (χ2n) is 5.73. The summed E-state index contributed by atoms with van der Waals surface area (Å²) >= 11 is 4.64. The Bertz CT molecular complexity index is 1040. The molecule has 0 aliphatic rings. The van der Waals surface area contributed by atoms with E-state index in [2.05, 4.69) is 15.2 Å². The fourth-order valence-corrected chi connectivity index (χ4v) is 5.08. The molecule has 0 atom stereocenters. The summed E-state index contributed by atoms with van der Waals surface area (Å²) in [4.78, 5) is 6.76. The van der Waals surface area contributed by atoms with Crippen molar-refractivity contribution in [1.29, 1.82) is 0 Å². The summed E-state index contributed by atoms with van der Waals surface area (Å²) in [5.74, 6) is -0.728. The van der Waals surface area contributed by atoms with Gasteiger partial charge in [-0.2, -0.15) is 0 Å². The van der Waals surface area contributed by atoms with Crippen LogP contribution in [0.5, 0.6) is 0 Å². The Labute approximate surface area is 167 Å². The van der Waals surface area contributed by atoms with Crippen molar-refractivity contribution in [3.8, 4) is 20.5 Å². The molecule has 3 nitrogen and oxygen atoms in total. The van der Waals surface area contributed by atoms with E-state index in [1.54, 1.807) is 22.7 Å². The summed E-state index contributed by atoms with van der Waals surface area (Å²) in [7, 11) is 0. The number of hydrogen-bond acceptors (Lipinski definition) is 6. The molecule has 0 bridgehead atoms. The summed E-state index contributed by atoms with van der Waals surface area (Å²) in [6.07, 6.45) is 0. The molecule has 0 aliphatic heterocycles. The van der Waals surface area contributed by atoms with Gasteiger partial charge in [0.1, 0.15) is 27.4 Å². The van der Waals surface area contributed by atoms with E-state index < -0.39 is 11.6 Å². The summed E-state index contributed by atoms with van der Waals surface area (Å²) in [6.45, 7) is 1.96. The Morgan fingerprint density at radius 2 is 1.85 bits per heavy atom. The van der Waals surface area contributed by atoms with Crippen LogP contribution in [0, 0.1) is 18.6 Å². The normalized spacial score (nSPS) is 11.1. The zero-order valence-corrected chi connectivity index (χ0v) is 16.6. The number of rotatable bonds is 5. The van der Waals surface area contributed by atoms with Crippen LogP contribution < -0.4 is 0 Å². The van der Waals surface area contributed by atoms with Crippen LogP contribution in [0.25, 0.3) is 20.5 Å². The van der Waals surface area contributed by atoms with Crippen molar-refractivity contribution in [1.82, 2.24) is 15.2 Å². The van der Waals surface area contributed by atoms with Gasteiger partial charge in [0.2, 0.25) is 0 Å². The third-order valence-electron chi connectivity index (χ3n) is 3.71. The van der Waals surface area contributed by atoms with Gasteiger partial charge in [-0.3, -0.25) is 0 Å². The van der Waals surface area contributed by atoms with Gasteiger partial charge in [-0.15, -0.1) is 32.9 Å². The molecule has 4 rings (SSSR count). The van der Waals surface area contributed by atoms with E-state index in [9.17, 15) is 8.78 Å². The van der Waals surface area contributed by atoms with Crippen molar-refractivity contribution in [3.05, 3.63) is 70.7 Å². The quantitative estimate of drug-likeness (QED) is 0.362. The van der Waals surface area contributed by atoms with Gasteiger partial charge in [-0.1, -0.05) is 17.8 Å². The first-order valence-corrected chi connectivity index (χ1v) is 10.7. The number of thioether (sulfide) groups is 1. The number of hydrogen-bond donors (Lipinski definition) is 0. The molecule has 0 spiro atoms. The van der Waals surface area contributed by atoms with Crippen LogP contribution in [0.4, 0.5) is 8.78 Å². The van der Waals surface area contributed by atoms with Gasteiger partial charge in [-0.05, 0) is 48.2 Å². The Hall–Kier alpha value is -2.16. The zero-order chi connectivity index (χ0) is 18.8. The fourth-order valence-electron chi connectivity index (χ4n) is 2.51. The molecule has 4 aromatic rings. The summed E-state index contributed by atoms with van der Waals surface area (Å²) in [5, 5.41) is 12.2. The lowest BCUT2D eigenvalue weighted by Crippen LogP contribution is -1.91. The summed E-state index contributed by atoms with van der Waals surface area (Å²) in [5.41, 5.74) is 2.27. The van der Waals surface area contributed by atoms with Gasteiger partial charge in [0, 0.05) is 11.8 Å². The third-order valence-corrected chi connectivity index (χ3v) is 6.92. The van der Waals surface area contributed by atoms with Crippen LogP contribution in [-0.2, 0) is 5.75 Å². The first-order chi connectivity index (χ1) is 13.1. The van der Waals surface area contributed by atoms with Crippen LogP contribution in [-0.4, -0.2) is 15.2 Å². The Morgan fingerprint density at radius 1 is 1.04 bits per heavy atom. The molecule has 3 aromatic heterocycles. The average Bonchev–Trinajstić information content (AvgIpc) is 3.29. The number of thiophene rings is 1. The van der Waals surface area contributed by atoms with E-state index >= 15 is 0 Å². The monoisotopic (exact) mass is 417 g/mol. The number of halogens is 2. The van der Waals surface area contributed by atoms with E-state index in [1.165, 1.54) is 23.9 Å². The second kappa shape index (κ2) is 7.84. The maximum absolute atomic E-state index is 13.3. The van der Waals surface area contributed by atoms with Gasteiger partial charge >= 0.3 is 0 Å². The third kappa shape index (κ3) is 4.23. The molecule has 136 valence electrons. The van der Waals surface area contributed by atoms with Gasteiger partial charge in [0.25, 0.3) is 0 Å². The van der Waals surface area contributed by atoms with Crippen LogP contribution >= 0.6 is 34.4 Å². The highest BCUT2D eigenvalue weighted by molar-refractivity contribution is 7.98. The van der Waals surface area contributed by atoms with E-state index in [-0.39, 0.29) is 0 Å². The maximum Gasteiger partial charge on any atom is 0.134 e. The SMILES string of the molecule is Cc1nc(-c2cccs2)sc1-c1ccc(SCc2cc(F)cc(F)c2)nn1. The molecule has 0 radical (unpaired) electrons. The van der Waals surface area contributed by atoms with Crippen molar-refractivity contribution in [2.24, 2.45) is 0 Å². The van der Waals surface area contributed by atoms with Gasteiger partial charge < -0.3 is 0 Å². The van der Waals surface area contributed by atoms with E-state index in [4.69, 9.17) is 0 Å². The molecule has 0 amide bonds. The Morgan fingerprint density at radius 3 is 2.52 bits per heavy atom. The maximum atomic E-state index is 13.3. The average molecular weight is 418 g/mol. The lowest BCUT2D eigenvalue weighted by Gasteiger charge is -2.03. The number of aromatic nitrogens is 3. The molecule has 1 aromatic carbocycles. The van der Waals surface area contributed by atoms with Gasteiger partial charge in [0.05, 0.1) is 15.4 Å². The topological polar surface area (TPSA) is 38.7 Å². The first kappa shape index (κ1) is 18.2. The zero-order valence-electron chi connectivity index (χ0n) is 14.1. The predicted molar refractivity (Wildman–Crippen MR) is 107 cm³/mol. The Balaban J connectivity index is 1.49. The predicted octanol–water partition coefficient (Wildman–Crippen LogP) is 6.21. The molecule has 0 saturated heterocycles. The van der Waals surface area contributed by atoms with Crippen LogP contribution in [0.2, 0.25) is 0 Å². The fraction of sp³-hybridized carbons (Fsp3) is 0.105. The van der Waals surface area contributed by atoms with Crippen LogP contribution in [0.3, 0.4) is 0 Å². The number of benzene rings is 1. The molecular formula is C19H13F2N3S3. The lowest BCUT2D eigenvalue weighted by molar-refractivity contribution is 0.581. The minimum absolute atomic E-state index is 0.421. The molecule has 27 heavy (non-hydrogen) atoms. The van der Waals surface area contributed by atoms with E-state index in [0.717, 1.165) is 32.2 Å². The van der Waals surface area contributed by atoms with E-state index in [1.807, 2.05) is 36.6 Å². The minimum atomic E-state index is -0.575. The highest BCUT2D eigenvalue weighted by atomic mass is 32.2. The molecule has 8 heteroatoms. The molecule has 0 saturated carbocycles. The highest BCUT2D eigenvalue weighted by Crippen LogP contribution is 2.36. The van der Waals surface area contributed by atoms with Gasteiger partial charge in [-0.25, -0.2) is 13.8 Å². The Kier molecular flexibility index (Phi) is 5.29. The van der Waals surface area contributed by atoms with Crippen molar-refractivity contribution in [2.75, 3.05) is 0 Å².